The van der Waals surface area contributed by atoms with Gasteiger partial charge in [-0.15, -0.1) is 0 Å². The molecule has 8 rings (SSSR count). The first kappa shape index (κ1) is 39.0. The summed E-state index contributed by atoms with van der Waals surface area (Å²) in [5.41, 5.74) is 1.27. The van der Waals surface area contributed by atoms with E-state index in [0.29, 0.717) is 22.1 Å². The maximum Gasteiger partial charge on any atom is 0.280 e. The van der Waals surface area contributed by atoms with Gasteiger partial charge in [-0.25, -0.2) is 18.7 Å². The number of aromatic hydroxyl groups is 2. The average molecular weight is 826 g/mol. The lowest BCUT2D eigenvalue weighted by Gasteiger charge is -2.18. The maximum absolute atomic E-state index is 13.3. The highest BCUT2D eigenvalue weighted by Crippen LogP contribution is 2.33. The van der Waals surface area contributed by atoms with Crippen LogP contribution >= 0.6 is 23.2 Å². The molecule has 0 fully saturated rings. The molecule has 292 valence electrons. The van der Waals surface area contributed by atoms with E-state index in [0.717, 1.165) is 12.1 Å². The number of ether oxygens (including phenoxy) is 2. The molecule has 0 spiro atoms. The zero-order valence-corrected chi connectivity index (χ0v) is 31.7. The number of hydrogen-bond acceptors (Lipinski definition) is 10. The molecule has 18 heteroatoms. The molecule has 0 aliphatic heterocycles. The first-order chi connectivity index (χ1) is 27.9. The molecular weight excluding hydrogens is 797 g/mol. The number of phenols is 2. The molecule has 0 radical (unpaired) electrons. The van der Waals surface area contributed by atoms with E-state index in [9.17, 15) is 28.6 Å². The number of halogens is 4. The molecule has 0 unspecified atom stereocenters. The second-order valence-electron chi connectivity index (χ2n) is 12.2. The van der Waals surface area contributed by atoms with Crippen molar-refractivity contribution in [1.29, 1.82) is 0 Å². The predicted molar refractivity (Wildman–Crippen MR) is 211 cm³/mol. The minimum Gasteiger partial charge on any atom is -0.506 e. The predicted octanol–water partition coefficient (Wildman–Crippen LogP) is 8.59. The van der Waals surface area contributed by atoms with Crippen molar-refractivity contribution in [3.8, 4) is 34.8 Å². The second-order valence-corrected chi connectivity index (χ2v) is 13.1. The molecule has 2 amide bonds. The van der Waals surface area contributed by atoms with Crippen molar-refractivity contribution in [1.82, 2.24) is 28.7 Å². The fourth-order valence-corrected chi connectivity index (χ4v) is 5.72. The van der Waals surface area contributed by atoms with E-state index in [4.69, 9.17) is 32.7 Å². The Bertz CT molecular complexity index is 2800. The molecular formula is C40H28Cl2F2N8O6. The summed E-state index contributed by atoms with van der Waals surface area (Å²) in [5.74, 6) is -1.83. The van der Waals surface area contributed by atoms with Crippen LogP contribution in [-0.2, 0) is 0 Å². The van der Waals surface area contributed by atoms with E-state index in [1.54, 1.807) is 75.2 Å². The van der Waals surface area contributed by atoms with Crippen LogP contribution in [0.15, 0.2) is 122 Å². The summed E-state index contributed by atoms with van der Waals surface area (Å²) in [6.45, 7) is 0. The van der Waals surface area contributed by atoms with Crippen molar-refractivity contribution >= 4 is 57.9 Å². The standard InChI is InChI=1S/2C20H14ClFN4O3/c1-25(13-5-8-15(21)16(27)11-13)19(28)17-18(24-20-23-9-2-10-26(17)20)29-14-6-3-12(22)4-7-14;1-25(13-5-3-12(21)4-6-13)19(28)17-18(24-20-23-9-2-10-26(17)20)29-14-7-8-15(22)16(27)11-14/h2*2-11,27H,1H3. The SMILES string of the molecule is CN(C(=O)c1c(Oc2ccc(F)c(O)c2)nc2ncccn12)c1ccc(Cl)cc1.CN(C(=O)c1c(Oc2ccc(F)cc2)nc2ncccn12)c1ccc(Cl)c(O)c1. The highest BCUT2D eigenvalue weighted by Gasteiger charge is 2.27. The fourth-order valence-electron chi connectivity index (χ4n) is 5.47. The minimum absolute atomic E-state index is 0.0188. The van der Waals surface area contributed by atoms with E-state index < -0.39 is 29.2 Å². The number of carbonyl (C=O) groups excluding carboxylic acids is 2. The molecule has 4 heterocycles. The number of phenolic OH excluding ortho intramolecular Hbond substituents is 2. The third-order valence-corrected chi connectivity index (χ3v) is 9.02. The van der Waals surface area contributed by atoms with Crippen LogP contribution < -0.4 is 19.3 Å². The molecule has 58 heavy (non-hydrogen) atoms. The van der Waals surface area contributed by atoms with E-state index in [1.165, 1.54) is 67.3 Å². The van der Waals surface area contributed by atoms with E-state index in [2.05, 4.69) is 19.9 Å². The largest absolute Gasteiger partial charge is 0.506 e. The second kappa shape index (κ2) is 16.4. The van der Waals surface area contributed by atoms with Crippen LogP contribution in [0.25, 0.3) is 11.6 Å². The van der Waals surface area contributed by atoms with Gasteiger partial charge in [-0.1, -0.05) is 23.2 Å². The van der Waals surface area contributed by atoms with Gasteiger partial charge < -0.3 is 29.5 Å². The van der Waals surface area contributed by atoms with Crippen molar-refractivity contribution in [3.63, 3.8) is 0 Å². The number of aromatic nitrogens is 6. The molecule has 0 saturated heterocycles. The average Bonchev–Trinajstić information content (AvgIpc) is 3.78. The van der Waals surface area contributed by atoms with Gasteiger partial charge in [0.25, 0.3) is 23.6 Å². The monoisotopic (exact) mass is 824 g/mol. The number of carbonyl (C=O) groups is 2. The lowest BCUT2D eigenvalue weighted by Crippen LogP contribution is -2.27. The minimum atomic E-state index is -0.784. The van der Waals surface area contributed by atoms with Gasteiger partial charge in [-0.3, -0.25) is 18.4 Å². The molecule has 2 N–H and O–H groups in total. The van der Waals surface area contributed by atoms with Crippen LogP contribution in [0.2, 0.25) is 10.0 Å². The molecule has 0 saturated carbocycles. The van der Waals surface area contributed by atoms with Crippen molar-refractivity contribution in [2.45, 2.75) is 0 Å². The highest BCUT2D eigenvalue weighted by molar-refractivity contribution is 6.32. The molecule has 4 aromatic carbocycles. The normalized spacial score (nSPS) is 10.9. The third-order valence-electron chi connectivity index (χ3n) is 8.45. The Balaban J connectivity index is 0.000000177. The summed E-state index contributed by atoms with van der Waals surface area (Å²) < 4.78 is 40.9. The van der Waals surface area contributed by atoms with Gasteiger partial charge in [-0.05, 0) is 84.9 Å². The summed E-state index contributed by atoms with van der Waals surface area (Å²) >= 11 is 11.8. The Kier molecular flexibility index (Phi) is 11.0. The summed E-state index contributed by atoms with van der Waals surface area (Å²) in [6, 6.07) is 23.4. The number of amides is 2. The number of nitrogens with zero attached hydrogens (tertiary/aromatic N) is 8. The van der Waals surface area contributed by atoms with Gasteiger partial charge in [0.1, 0.15) is 23.1 Å². The molecule has 8 aromatic rings. The zero-order valence-electron chi connectivity index (χ0n) is 30.2. The Morgan fingerprint density at radius 3 is 1.72 bits per heavy atom. The van der Waals surface area contributed by atoms with Crippen LogP contribution in [0, 0.1) is 11.6 Å². The molecule has 4 aromatic heterocycles. The van der Waals surface area contributed by atoms with Crippen LogP contribution in [0.5, 0.6) is 34.8 Å². The van der Waals surface area contributed by atoms with Crippen molar-refractivity contribution < 1.29 is 38.1 Å². The Hall–Kier alpha value is -7.30. The van der Waals surface area contributed by atoms with Crippen LogP contribution in [0.3, 0.4) is 0 Å². The number of benzene rings is 4. The first-order valence-corrected chi connectivity index (χ1v) is 17.7. The smallest absolute Gasteiger partial charge is 0.280 e. The summed E-state index contributed by atoms with van der Waals surface area (Å²) in [5, 5.41) is 20.2. The molecule has 0 atom stereocenters. The fraction of sp³-hybridized carbons (Fsp3) is 0.0500. The van der Waals surface area contributed by atoms with Crippen LogP contribution in [-0.4, -0.2) is 64.9 Å². The zero-order chi connectivity index (χ0) is 41.1. The Labute approximate surface area is 337 Å². The van der Waals surface area contributed by atoms with Crippen molar-refractivity contribution in [3.05, 3.63) is 155 Å². The van der Waals surface area contributed by atoms with Gasteiger partial charge in [0.05, 0.1) is 5.02 Å². The lowest BCUT2D eigenvalue weighted by molar-refractivity contribution is 0.0977. The van der Waals surface area contributed by atoms with Crippen LogP contribution in [0.1, 0.15) is 21.0 Å². The van der Waals surface area contributed by atoms with Gasteiger partial charge in [0, 0.05) is 67.4 Å². The third kappa shape index (κ3) is 8.14. The number of hydrogen-bond donors (Lipinski definition) is 2. The number of fused-ring (bicyclic) bond motifs is 2. The van der Waals surface area contributed by atoms with Crippen molar-refractivity contribution in [2.75, 3.05) is 23.9 Å². The number of imidazole rings is 2. The van der Waals surface area contributed by atoms with E-state index in [1.807, 2.05) is 0 Å². The summed E-state index contributed by atoms with van der Waals surface area (Å²) in [6.07, 6.45) is 6.34. The lowest BCUT2D eigenvalue weighted by atomic mass is 10.2. The van der Waals surface area contributed by atoms with Crippen LogP contribution in [0.4, 0.5) is 20.2 Å². The quantitative estimate of drug-likeness (QED) is 0.152. The number of rotatable bonds is 8. The Morgan fingerprint density at radius 1 is 0.655 bits per heavy atom. The topological polar surface area (TPSA) is 160 Å². The maximum atomic E-state index is 13.3. The van der Waals surface area contributed by atoms with Gasteiger partial charge >= 0.3 is 0 Å². The molecule has 0 aliphatic rings. The number of anilines is 2. The molecule has 14 nitrogen and oxygen atoms in total. The first-order valence-electron chi connectivity index (χ1n) is 16.9. The molecule has 0 bridgehead atoms. The van der Waals surface area contributed by atoms with Gasteiger partial charge in [-0.2, -0.15) is 9.97 Å². The Morgan fingerprint density at radius 2 is 1.17 bits per heavy atom. The van der Waals surface area contributed by atoms with E-state index in [-0.39, 0.29) is 51.2 Å². The summed E-state index contributed by atoms with van der Waals surface area (Å²) in [4.78, 5) is 46.1. The van der Waals surface area contributed by atoms with Gasteiger partial charge in [0.15, 0.2) is 23.0 Å². The summed E-state index contributed by atoms with van der Waals surface area (Å²) in [7, 11) is 3.15. The van der Waals surface area contributed by atoms with Crippen molar-refractivity contribution in [2.24, 2.45) is 0 Å². The van der Waals surface area contributed by atoms with Gasteiger partial charge in [0.2, 0.25) is 11.6 Å². The molecule has 0 aliphatic carbocycles. The highest BCUT2D eigenvalue weighted by atomic mass is 35.5. The van der Waals surface area contributed by atoms with E-state index >= 15 is 0 Å².